The summed E-state index contributed by atoms with van der Waals surface area (Å²) in [6, 6.07) is 25.0. The van der Waals surface area contributed by atoms with Gasteiger partial charge in [0.1, 0.15) is 0 Å². The van der Waals surface area contributed by atoms with Crippen molar-refractivity contribution < 1.29 is 0 Å². The van der Waals surface area contributed by atoms with Crippen LogP contribution < -0.4 is 5.32 Å². The Kier molecular flexibility index (Phi) is 4.34. The van der Waals surface area contributed by atoms with Crippen molar-refractivity contribution in [3.05, 3.63) is 71.8 Å². The maximum Gasteiger partial charge on any atom is 0.0669 e. The highest BCUT2D eigenvalue weighted by atomic mass is 15.3. The number of rotatable bonds is 3. The summed E-state index contributed by atoms with van der Waals surface area (Å²) < 4.78 is 0. The molecule has 0 amide bonds. The molecule has 24 heavy (non-hydrogen) atoms. The lowest BCUT2D eigenvalue weighted by Gasteiger charge is -2.42. The van der Waals surface area contributed by atoms with Crippen molar-refractivity contribution in [2.75, 3.05) is 19.6 Å². The van der Waals surface area contributed by atoms with E-state index in [9.17, 15) is 5.26 Å². The average molecular weight is 317 g/mol. The first-order valence-corrected chi connectivity index (χ1v) is 8.83. The van der Waals surface area contributed by atoms with E-state index >= 15 is 0 Å². The number of hydrogen-bond donors (Lipinski definition) is 1. The van der Waals surface area contributed by atoms with Gasteiger partial charge in [0, 0.05) is 37.6 Å². The Hall–Kier alpha value is -2.15. The Balaban J connectivity index is 1.72. The molecule has 3 nitrogen and oxygen atoms in total. The van der Waals surface area contributed by atoms with Crippen LogP contribution in [0.4, 0.5) is 0 Å². The third-order valence-electron chi connectivity index (χ3n) is 5.50. The van der Waals surface area contributed by atoms with Crippen molar-refractivity contribution in [1.29, 1.82) is 5.26 Å². The number of nitrogens with one attached hydrogen (secondary N) is 1. The summed E-state index contributed by atoms with van der Waals surface area (Å²) in [6.45, 7) is 2.89. The molecule has 0 saturated carbocycles. The predicted octanol–water partition coefficient (Wildman–Crippen LogP) is 3.00. The van der Waals surface area contributed by atoms with Gasteiger partial charge in [0.15, 0.2) is 0 Å². The Morgan fingerprint density at radius 1 is 0.958 bits per heavy atom. The standard InChI is InChI=1S/C21H23N3/c22-12-16-11-19-13-23-14-20(24(19)15-16)21(17-7-3-1-4-8-17)18-9-5-2-6-10-18/h1-10,16,19-21,23H,11,13-15H2. The molecule has 0 bridgehead atoms. The van der Waals surface area contributed by atoms with E-state index in [0.29, 0.717) is 18.0 Å². The first kappa shape index (κ1) is 15.4. The molecule has 4 rings (SSSR count). The molecule has 2 fully saturated rings. The molecule has 2 aliphatic heterocycles. The van der Waals surface area contributed by atoms with Gasteiger partial charge in [-0.1, -0.05) is 60.7 Å². The van der Waals surface area contributed by atoms with Gasteiger partial charge in [0.2, 0.25) is 0 Å². The monoisotopic (exact) mass is 317 g/mol. The van der Waals surface area contributed by atoms with Crippen LogP contribution in [0.3, 0.4) is 0 Å². The summed E-state index contributed by atoms with van der Waals surface area (Å²) in [4.78, 5) is 2.59. The van der Waals surface area contributed by atoms with Crippen LogP contribution in [0.2, 0.25) is 0 Å². The smallest absolute Gasteiger partial charge is 0.0669 e. The van der Waals surface area contributed by atoms with Crippen LogP contribution in [0.1, 0.15) is 23.5 Å². The van der Waals surface area contributed by atoms with Gasteiger partial charge in [-0.05, 0) is 17.5 Å². The molecular weight excluding hydrogens is 294 g/mol. The Morgan fingerprint density at radius 3 is 2.17 bits per heavy atom. The minimum Gasteiger partial charge on any atom is -0.314 e. The van der Waals surface area contributed by atoms with Crippen molar-refractivity contribution >= 4 is 0 Å². The van der Waals surface area contributed by atoms with E-state index in [2.05, 4.69) is 76.9 Å². The summed E-state index contributed by atoms with van der Waals surface area (Å²) >= 11 is 0. The number of benzene rings is 2. The van der Waals surface area contributed by atoms with Crippen LogP contribution in [0.25, 0.3) is 0 Å². The summed E-state index contributed by atoms with van der Waals surface area (Å²) in [5.74, 6) is 0.504. The molecule has 0 spiro atoms. The third kappa shape index (κ3) is 2.84. The van der Waals surface area contributed by atoms with Gasteiger partial charge in [0.25, 0.3) is 0 Å². The molecule has 3 atom stereocenters. The minimum atomic E-state index is 0.171. The van der Waals surface area contributed by atoms with Crippen LogP contribution in [-0.2, 0) is 0 Å². The summed E-state index contributed by atoms with van der Waals surface area (Å²) in [5, 5.41) is 13.0. The molecule has 2 aromatic carbocycles. The Labute approximate surface area is 143 Å². The highest BCUT2D eigenvalue weighted by Gasteiger charge is 2.42. The molecule has 3 unspecified atom stereocenters. The topological polar surface area (TPSA) is 39.1 Å². The second-order valence-electron chi connectivity index (χ2n) is 6.94. The van der Waals surface area contributed by atoms with E-state index in [1.165, 1.54) is 11.1 Å². The van der Waals surface area contributed by atoms with Crippen molar-refractivity contribution in [2.45, 2.75) is 24.4 Å². The molecular formula is C21H23N3. The predicted molar refractivity (Wildman–Crippen MR) is 95.6 cm³/mol. The normalized spacial score (nSPS) is 26.9. The molecule has 2 heterocycles. The average Bonchev–Trinajstić information content (AvgIpc) is 3.08. The van der Waals surface area contributed by atoms with Crippen molar-refractivity contribution in [2.24, 2.45) is 5.92 Å². The number of nitrogens with zero attached hydrogens (tertiary/aromatic N) is 2. The number of nitriles is 1. The second-order valence-corrected chi connectivity index (χ2v) is 6.94. The van der Waals surface area contributed by atoms with Gasteiger partial charge in [0.05, 0.1) is 12.0 Å². The first-order chi connectivity index (χ1) is 11.9. The SMILES string of the molecule is N#CC1CC2CNCC(C(c3ccccc3)c3ccccc3)N2C1. The number of hydrogen-bond acceptors (Lipinski definition) is 3. The van der Waals surface area contributed by atoms with E-state index in [1.54, 1.807) is 0 Å². The molecule has 3 heteroatoms. The lowest BCUT2D eigenvalue weighted by molar-refractivity contribution is 0.124. The second kappa shape index (κ2) is 6.76. The quantitative estimate of drug-likeness (QED) is 0.946. The van der Waals surface area contributed by atoms with Crippen LogP contribution in [0, 0.1) is 17.2 Å². The fraction of sp³-hybridized carbons (Fsp3) is 0.381. The highest BCUT2D eigenvalue weighted by Crippen LogP contribution is 2.36. The largest absolute Gasteiger partial charge is 0.314 e. The summed E-state index contributed by atoms with van der Waals surface area (Å²) in [7, 11) is 0. The molecule has 0 aliphatic carbocycles. The van der Waals surface area contributed by atoms with E-state index < -0.39 is 0 Å². The summed E-state index contributed by atoms with van der Waals surface area (Å²) in [6.07, 6.45) is 0.996. The van der Waals surface area contributed by atoms with Gasteiger partial charge in [-0.15, -0.1) is 0 Å². The lowest BCUT2D eigenvalue weighted by Crippen LogP contribution is -2.56. The molecule has 2 aromatic rings. The van der Waals surface area contributed by atoms with Crippen molar-refractivity contribution in [3.8, 4) is 6.07 Å². The van der Waals surface area contributed by atoms with Crippen LogP contribution in [0.15, 0.2) is 60.7 Å². The van der Waals surface area contributed by atoms with E-state index in [1.807, 2.05) is 0 Å². The highest BCUT2D eigenvalue weighted by molar-refractivity contribution is 5.35. The Bertz CT molecular complexity index is 667. The van der Waals surface area contributed by atoms with Crippen molar-refractivity contribution in [1.82, 2.24) is 10.2 Å². The van der Waals surface area contributed by atoms with Gasteiger partial charge < -0.3 is 5.32 Å². The number of fused-ring (bicyclic) bond motifs is 1. The van der Waals surface area contributed by atoms with E-state index in [-0.39, 0.29) is 5.92 Å². The molecule has 122 valence electrons. The van der Waals surface area contributed by atoms with Gasteiger partial charge in [-0.2, -0.15) is 5.26 Å². The number of piperazine rings is 1. The fourth-order valence-electron chi connectivity index (χ4n) is 4.42. The van der Waals surface area contributed by atoms with Gasteiger partial charge in [-0.3, -0.25) is 4.90 Å². The first-order valence-electron chi connectivity index (χ1n) is 8.83. The molecule has 0 aromatic heterocycles. The van der Waals surface area contributed by atoms with Crippen molar-refractivity contribution in [3.63, 3.8) is 0 Å². The van der Waals surface area contributed by atoms with Crippen LogP contribution >= 0.6 is 0 Å². The maximum atomic E-state index is 9.37. The Morgan fingerprint density at radius 2 is 1.58 bits per heavy atom. The maximum absolute atomic E-state index is 9.37. The van der Waals surface area contributed by atoms with Gasteiger partial charge >= 0.3 is 0 Å². The van der Waals surface area contributed by atoms with Gasteiger partial charge in [-0.25, -0.2) is 0 Å². The molecule has 1 N–H and O–H groups in total. The molecule has 2 aliphatic rings. The fourth-order valence-corrected chi connectivity index (χ4v) is 4.42. The van der Waals surface area contributed by atoms with E-state index in [0.717, 1.165) is 26.1 Å². The molecule has 0 radical (unpaired) electrons. The van der Waals surface area contributed by atoms with Crippen LogP contribution in [0.5, 0.6) is 0 Å². The minimum absolute atomic E-state index is 0.171. The lowest BCUT2D eigenvalue weighted by atomic mass is 9.83. The van der Waals surface area contributed by atoms with E-state index in [4.69, 9.17) is 0 Å². The van der Waals surface area contributed by atoms with Crippen LogP contribution in [-0.4, -0.2) is 36.6 Å². The zero-order valence-electron chi connectivity index (χ0n) is 13.8. The summed E-state index contributed by atoms with van der Waals surface area (Å²) in [5.41, 5.74) is 2.72. The molecule has 2 saturated heterocycles. The zero-order chi connectivity index (χ0) is 16.4. The zero-order valence-corrected chi connectivity index (χ0v) is 13.8. The third-order valence-corrected chi connectivity index (χ3v) is 5.50.